The Kier molecular flexibility index (Phi) is 6.83. The second-order valence-electron chi connectivity index (χ2n) is 5.99. The van der Waals surface area contributed by atoms with Gasteiger partial charge in [-0.15, -0.1) is 0 Å². The van der Waals surface area contributed by atoms with E-state index < -0.39 is 19.7 Å². The van der Waals surface area contributed by atoms with Gasteiger partial charge in [0.1, 0.15) is 0 Å². The summed E-state index contributed by atoms with van der Waals surface area (Å²) in [7, 11) is -6.25. The Morgan fingerprint density at radius 3 is 2.60 bits per heavy atom. The molecule has 0 bridgehead atoms. The van der Waals surface area contributed by atoms with Crippen molar-refractivity contribution in [2.24, 2.45) is 4.99 Å². The number of hydrogen-bond donors (Lipinski definition) is 2. The molecule has 25 heavy (non-hydrogen) atoms. The molecule has 140 valence electrons. The zero-order chi connectivity index (χ0) is 18.3. The minimum atomic E-state index is -3.30. The number of aliphatic imine (C=N–C) groups is 1. The van der Waals surface area contributed by atoms with Crippen molar-refractivity contribution in [2.45, 2.75) is 30.7 Å². The number of sulfone groups is 2. The predicted molar refractivity (Wildman–Crippen MR) is 99.3 cm³/mol. The van der Waals surface area contributed by atoms with Crippen molar-refractivity contribution in [3.8, 4) is 0 Å². The first-order valence-corrected chi connectivity index (χ1v) is 11.8. The van der Waals surface area contributed by atoms with Gasteiger partial charge >= 0.3 is 0 Å². The number of hydrogen-bond acceptors (Lipinski definition) is 5. The van der Waals surface area contributed by atoms with Gasteiger partial charge in [0, 0.05) is 19.1 Å². The Hall–Kier alpha value is -1.61. The summed E-state index contributed by atoms with van der Waals surface area (Å²) in [6.07, 6.45) is 0.964. The second-order valence-corrected chi connectivity index (χ2v) is 10.3. The lowest BCUT2D eigenvalue weighted by Gasteiger charge is -2.15. The zero-order valence-electron chi connectivity index (χ0n) is 14.3. The fourth-order valence-electron chi connectivity index (χ4n) is 2.61. The van der Waals surface area contributed by atoms with Gasteiger partial charge in [-0.2, -0.15) is 0 Å². The smallest absolute Gasteiger partial charge is 0.191 e. The quantitative estimate of drug-likeness (QED) is 0.403. The van der Waals surface area contributed by atoms with E-state index in [1.165, 1.54) is 0 Å². The Labute approximate surface area is 149 Å². The van der Waals surface area contributed by atoms with E-state index in [1.54, 1.807) is 30.3 Å². The van der Waals surface area contributed by atoms with E-state index in [9.17, 15) is 16.8 Å². The predicted octanol–water partition coefficient (Wildman–Crippen LogP) is 0.593. The molecule has 1 saturated heterocycles. The molecule has 1 heterocycles. The van der Waals surface area contributed by atoms with Gasteiger partial charge < -0.3 is 10.6 Å². The molecular formula is C16H25N3O4S2. The van der Waals surface area contributed by atoms with Crippen molar-refractivity contribution in [2.75, 3.05) is 30.3 Å². The fraction of sp³-hybridized carbons (Fsp3) is 0.562. The summed E-state index contributed by atoms with van der Waals surface area (Å²) in [5, 5.41) is 6.17. The number of benzene rings is 1. The SMILES string of the molecule is CCNC(=NCCCS(=O)(=O)c1ccccc1)NC1CCS(=O)(=O)C1. The lowest BCUT2D eigenvalue weighted by atomic mass is 10.3. The molecule has 1 atom stereocenters. The highest BCUT2D eigenvalue weighted by Gasteiger charge is 2.28. The van der Waals surface area contributed by atoms with Crippen LogP contribution in [-0.4, -0.2) is 59.2 Å². The number of rotatable bonds is 7. The van der Waals surface area contributed by atoms with Gasteiger partial charge in [-0.05, 0) is 31.9 Å². The minimum absolute atomic E-state index is 0.0255. The molecule has 0 radical (unpaired) electrons. The van der Waals surface area contributed by atoms with Gasteiger partial charge in [-0.1, -0.05) is 18.2 Å². The number of guanidine groups is 1. The largest absolute Gasteiger partial charge is 0.357 e. The molecule has 1 aromatic carbocycles. The van der Waals surface area contributed by atoms with Crippen LogP contribution in [0.25, 0.3) is 0 Å². The van der Waals surface area contributed by atoms with E-state index in [-0.39, 0.29) is 23.3 Å². The standard InChI is InChI=1S/C16H25N3O4S2/c1-2-17-16(19-14-9-12-24(20,21)13-14)18-10-6-11-25(22,23)15-7-4-3-5-8-15/h3-5,7-8,14H,2,6,9-13H2,1H3,(H2,17,18,19). The van der Waals surface area contributed by atoms with Gasteiger partial charge in [0.15, 0.2) is 25.6 Å². The van der Waals surface area contributed by atoms with E-state index in [0.717, 1.165) is 0 Å². The summed E-state index contributed by atoms with van der Waals surface area (Å²) < 4.78 is 47.5. The van der Waals surface area contributed by atoms with Crippen molar-refractivity contribution in [1.82, 2.24) is 10.6 Å². The van der Waals surface area contributed by atoms with Crippen LogP contribution in [0.2, 0.25) is 0 Å². The van der Waals surface area contributed by atoms with Crippen LogP contribution in [0.15, 0.2) is 40.2 Å². The summed E-state index contributed by atoms with van der Waals surface area (Å²) in [6, 6.07) is 8.22. The third-order valence-electron chi connectivity index (χ3n) is 3.86. The van der Waals surface area contributed by atoms with Gasteiger partial charge in [0.05, 0.1) is 22.2 Å². The first-order chi connectivity index (χ1) is 11.8. The Morgan fingerprint density at radius 1 is 1.28 bits per heavy atom. The van der Waals surface area contributed by atoms with E-state index in [4.69, 9.17) is 0 Å². The molecule has 0 aliphatic carbocycles. The first kappa shape index (κ1) is 19.7. The van der Waals surface area contributed by atoms with Crippen LogP contribution in [0.3, 0.4) is 0 Å². The Balaban J connectivity index is 1.87. The van der Waals surface area contributed by atoms with Gasteiger partial charge in [0.25, 0.3) is 0 Å². The summed E-state index contributed by atoms with van der Waals surface area (Å²) in [5.41, 5.74) is 0. The Morgan fingerprint density at radius 2 is 2.00 bits per heavy atom. The molecule has 0 saturated carbocycles. The van der Waals surface area contributed by atoms with Crippen LogP contribution in [0.5, 0.6) is 0 Å². The van der Waals surface area contributed by atoms with Crippen LogP contribution >= 0.6 is 0 Å². The highest BCUT2D eigenvalue weighted by atomic mass is 32.2. The molecule has 0 aromatic heterocycles. The van der Waals surface area contributed by atoms with Crippen LogP contribution < -0.4 is 10.6 Å². The fourth-order valence-corrected chi connectivity index (χ4v) is 5.60. The maximum Gasteiger partial charge on any atom is 0.191 e. The maximum atomic E-state index is 12.2. The molecule has 2 N–H and O–H groups in total. The summed E-state index contributed by atoms with van der Waals surface area (Å²) in [4.78, 5) is 4.68. The van der Waals surface area contributed by atoms with Crippen molar-refractivity contribution in [3.05, 3.63) is 30.3 Å². The van der Waals surface area contributed by atoms with E-state index in [2.05, 4.69) is 15.6 Å². The monoisotopic (exact) mass is 387 g/mol. The summed E-state index contributed by atoms with van der Waals surface area (Å²) in [6.45, 7) is 2.91. The van der Waals surface area contributed by atoms with Crippen LogP contribution in [0.1, 0.15) is 19.8 Å². The van der Waals surface area contributed by atoms with E-state index in [1.807, 2.05) is 6.92 Å². The molecule has 1 aromatic rings. The molecule has 1 aliphatic heterocycles. The lowest BCUT2D eigenvalue weighted by Crippen LogP contribution is -2.44. The van der Waals surface area contributed by atoms with Crippen LogP contribution in [0, 0.1) is 0 Å². The van der Waals surface area contributed by atoms with E-state index >= 15 is 0 Å². The van der Waals surface area contributed by atoms with Crippen molar-refractivity contribution < 1.29 is 16.8 Å². The molecule has 1 fully saturated rings. The van der Waals surface area contributed by atoms with Crippen molar-refractivity contribution >= 4 is 25.6 Å². The maximum absolute atomic E-state index is 12.2. The molecule has 9 heteroatoms. The molecule has 1 aliphatic rings. The third kappa shape index (κ3) is 6.32. The van der Waals surface area contributed by atoms with Crippen LogP contribution in [-0.2, 0) is 19.7 Å². The van der Waals surface area contributed by atoms with Gasteiger partial charge in [-0.25, -0.2) is 16.8 Å². The highest BCUT2D eigenvalue weighted by Crippen LogP contribution is 2.12. The average molecular weight is 388 g/mol. The van der Waals surface area contributed by atoms with Crippen molar-refractivity contribution in [1.29, 1.82) is 0 Å². The molecule has 7 nitrogen and oxygen atoms in total. The third-order valence-corrected chi connectivity index (χ3v) is 7.45. The second kappa shape index (κ2) is 8.66. The topological polar surface area (TPSA) is 105 Å². The molecular weight excluding hydrogens is 362 g/mol. The lowest BCUT2D eigenvalue weighted by molar-refractivity contribution is 0.592. The van der Waals surface area contributed by atoms with Gasteiger partial charge in [-0.3, -0.25) is 4.99 Å². The number of nitrogens with zero attached hydrogens (tertiary/aromatic N) is 1. The van der Waals surface area contributed by atoms with Crippen LogP contribution in [0.4, 0.5) is 0 Å². The molecule has 0 amide bonds. The Bertz CT molecular complexity index is 790. The van der Waals surface area contributed by atoms with Gasteiger partial charge in [0.2, 0.25) is 0 Å². The zero-order valence-corrected chi connectivity index (χ0v) is 15.9. The molecule has 0 spiro atoms. The highest BCUT2D eigenvalue weighted by molar-refractivity contribution is 7.91. The average Bonchev–Trinajstić information content (AvgIpc) is 2.91. The van der Waals surface area contributed by atoms with Crippen molar-refractivity contribution in [3.63, 3.8) is 0 Å². The minimum Gasteiger partial charge on any atom is -0.357 e. The molecule has 2 rings (SSSR count). The summed E-state index contributed by atoms with van der Waals surface area (Å²) in [5.74, 6) is 0.860. The summed E-state index contributed by atoms with van der Waals surface area (Å²) >= 11 is 0. The number of nitrogens with one attached hydrogen (secondary N) is 2. The van der Waals surface area contributed by atoms with E-state index in [0.29, 0.717) is 36.8 Å². The normalized spacial score (nSPS) is 20.4. The molecule has 1 unspecified atom stereocenters. The first-order valence-electron chi connectivity index (χ1n) is 8.35.